The van der Waals surface area contributed by atoms with E-state index >= 15 is 4.39 Å². The molecule has 1 aliphatic rings. The summed E-state index contributed by atoms with van der Waals surface area (Å²) in [7, 11) is 1.83. The molecule has 0 spiro atoms. The second-order valence-electron chi connectivity index (χ2n) is 7.39. The molecule has 0 unspecified atom stereocenters. The Morgan fingerprint density at radius 1 is 1.21 bits per heavy atom. The van der Waals surface area contributed by atoms with Gasteiger partial charge in [0, 0.05) is 51.6 Å². The van der Waals surface area contributed by atoms with Gasteiger partial charge in [0.15, 0.2) is 0 Å². The number of aromatic nitrogens is 1. The smallest absolute Gasteiger partial charge is 0.253 e. The zero-order chi connectivity index (χ0) is 21.0. The van der Waals surface area contributed by atoms with Crippen LogP contribution in [0.4, 0.5) is 10.2 Å². The van der Waals surface area contributed by atoms with Crippen molar-refractivity contribution >= 4 is 34.9 Å². The number of benzene rings is 1. The minimum Gasteiger partial charge on any atom is -0.373 e. The molecule has 2 aromatic rings. The molecule has 0 radical (unpaired) electrons. The number of nitrogens with one attached hydrogen (secondary N) is 2. The summed E-state index contributed by atoms with van der Waals surface area (Å²) < 4.78 is 15.2. The molecule has 5 nitrogen and oxygen atoms in total. The van der Waals surface area contributed by atoms with Crippen LogP contribution in [0.25, 0.3) is 0 Å². The van der Waals surface area contributed by atoms with Crippen LogP contribution in [-0.4, -0.2) is 48.1 Å². The van der Waals surface area contributed by atoms with Gasteiger partial charge in [-0.2, -0.15) is 0 Å². The van der Waals surface area contributed by atoms with Gasteiger partial charge in [-0.25, -0.2) is 9.37 Å². The van der Waals surface area contributed by atoms with E-state index in [1.54, 1.807) is 23.1 Å². The van der Waals surface area contributed by atoms with Gasteiger partial charge in [0.05, 0.1) is 15.7 Å². The van der Waals surface area contributed by atoms with Crippen molar-refractivity contribution in [3.8, 4) is 0 Å². The van der Waals surface area contributed by atoms with Gasteiger partial charge in [0.25, 0.3) is 5.91 Å². The Labute approximate surface area is 180 Å². The molecule has 2 N–H and O–H groups in total. The van der Waals surface area contributed by atoms with Crippen molar-refractivity contribution < 1.29 is 9.18 Å². The minimum atomic E-state index is -1.34. The van der Waals surface area contributed by atoms with Crippen LogP contribution in [-0.2, 0) is 6.54 Å². The lowest BCUT2D eigenvalue weighted by molar-refractivity contribution is 0.0434. The van der Waals surface area contributed by atoms with Gasteiger partial charge in [0.1, 0.15) is 11.5 Å². The molecule has 1 fully saturated rings. The fourth-order valence-corrected chi connectivity index (χ4v) is 3.73. The van der Waals surface area contributed by atoms with Gasteiger partial charge >= 0.3 is 0 Å². The van der Waals surface area contributed by atoms with E-state index < -0.39 is 5.67 Å². The second-order valence-corrected chi connectivity index (χ2v) is 8.21. The van der Waals surface area contributed by atoms with E-state index in [-0.39, 0.29) is 25.3 Å². The Morgan fingerprint density at radius 3 is 2.59 bits per heavy atom. The standard InChI is InChI=1S/C21H25Cl2FN4O/c1-14-3-5-16(27-19(14)25-2)12-26-13-21(24)7-9-28(10-8-21)20(29)15-4-6-17(22)18(23)11-15/h3-6,11,26H,7-10,12-13H2,1-2H3,(H,25,27). The maximum Gasteiger partial charge on any atom is 0.253 e. The molecule has 3 rings (SSSR count). The van der Waals surface area contributed by atoms with Crippen LogP contribution < -0.4 is 10.6 Å². The highest BCUT2D eigenvalue weighted by molar-refractivity contribution is 6.42. The summed E-state index contributed by atoms with van der Waals surface area (Å²) in [4.78, 5) is 18.8. The molecule has 0 bridgehead atoms. The fraction of sp³-hybridized carbons (Fsp3) is 0.429. The number of piperidine rings is 1. The zero-order valence-electron chi connectivity index (χ0n) is 16.6. The van der Waals surface area contributed by atoms with Gasteiger partial charge in [-0.1, -0.05) is 29.3 Å². The third kappa shape index (κ3) is 5.38. The van der Waals surface area contributed by atoms with E-state index in [9.17, 15) is 4.79 Å². The molecule has 29 heavy (non-hydrogen) atoms. The van der Waals surface area contributed by atoms with Gasteiger partial charge in [0.2, 0.25) is 0 Å². The highest BCUT2D eigenvalue weighted by Crippen LogP contribution is 2.28. The van der Waals surface area contributed by atoms with Gasteiger partial charge in [-0.3, -0.25) is 4.79 Å². The molecule has 0 aliphatic carbocycles. The van der Waals surface area contributed by atoms with Crippen molar-refractivity contribution in [2.45, 2.75) is 32.0 Å². The molecular formula is C21H25Cl2FN4O. The Kier molecular flexibility index (Phi) is 6.98. The summed E-state index contributed by atoms with van der Waals surface area (Å²) in [5, 5.41) is 6.96. The molecule has 2 heterocycles. The Bertz CT molecular complexity index is 885. The predicted molar refractivity (Wildman–Crippen MR) is 116 cm³/mol. The third-order valence-corrected chi connectivity index (χ3v) is 5.99. The average Bonchev–Trinajstić information content (AvgIpc) is 2.71. The number of anilines is 1. The maximum atomic E-state index is 15.2. The molecule has 1 aliphatic heterocycles. The number of pyridine rings is 1. The highest BCUT2D eigenvalue weighted by atomic mass is 35.5. The van der Waals surface area contributed by atoms with Crippen molar-refractivity contribution in [2.75, 3.05) is 32.0 Å². The first-order chi connectivity index (χ1) is 13.8. The molecular weight excluding hydrogens is 414 g/mol. The summed E-state index contributed by atoms with van der Waals surface area (Å²) in [5.74, 6) is 0.676. The van der Waals surface area contributed by atoms with Crippen molar-refractivity contribution in [2.24, 2.45) is 0 Å². The number of rotatable bonds is 6. The number of hydrogen-bond donors (Lipinski definition) is 2. The van der Waals surface area contributed by atoms with Crippen LogP contribution in [0.1, 0.15) is 34.5 Å². The number of alkyl halides is 1. The summed E-state index contributed by atoms with van der Waals surface area (Å²) in [6.45, 7) is 3.44. The van der Waals surface area contributed by atoms with Crippen molar-refractivity contribution in [1.29, 1.82) is 0 Å². The van der Waals surface area contributed by atoms with Crippen LogP contribution in [0.3, 0.4) is 0 Å². The second kappa shape index (κ2) is 9.28. The lowest BCUT2D eigenvalue weighted by atomic mass is 9.92. The highest BCUT2D eigenvalue weighted by Gasteiger charge is 2.35. The number of nitrogens with zero attached hydrogens (tertiary/aromatic N) is 2. The van der Waals surface area contributed by atoms with Gasteiger partial charge in [-0.15, -0.1) is 0 Å². The Balaban J connectivity index is 1.51. The quantitative estimate of drug-likeness (QED) is 0.698. The first kappa shape index (κ1) is 21.8. The maximum absolute atomic E-state index is 15.2. The average molecular weight is 439 g/mol. The molecule has 8 heteroatoms. The third-order valence-electron chi connectivity index (χ3n) is 5.25. The summed E-state index contributed by atoms with van der Waals surface area (Å²) in [5.41, 5.74) is 1.05. The van der Waals surface area contributed by atoms with Crippen LogP contribution in [0, 0.1) is 6.92 Å². The van der Waals surface area contributed by atoms with Crippen LogP contribution in [0.15, 0.2) is 30.3 Å². The number of carbonyl (C=O) groups is 1. The number of amides is 1. The van der Waals surface area contributed by atoms with E-state index in [0.29, 0.717) is 35.2 Å². The number of hydrogen-bond acceptors (Lipinski definition) is 4. The lowest BCUT2D eigenvalue weighted by Crippen LogP contribution is -2.48. The van der Waals surface area contributed by atoms with Gasteiger partial charge in [-0.05, 0) is 36.8 Å². The van der Waals surface area contributed by atoms with Crippen LogP contribution >= 0.6 is 23.2 Å². The number of carbonyl (C=O) groups excluding carboxylic acids is 1. The molecule has 1 amide bonds. The number of halogens is 3. The predicted octanol–water partition coefficient (Wildman–Crippen LogP) is 4.47. The summed E-state index contributed by atoms with van der Waals surface area (Å²) >= 11 is 11.9. The number of aryl methyl sites for hydroxylation is 1. The van der Waals surface area contributed by atoms with E-state index in [1.807, 2.05) is 26.1 Å². The molecule has 0 saturated carbocycles. The normalized spacial score (nSPS) is 16.0. The van der Waals surface area contributed by atoms with Crippen molar-refractivity contribution in [3.05, 3.63) is 57.2 Å². The summed E-state index contributed by atoms with van der Waals surface area (Å²) in [6, 6.07) is 8.73. The lowest BCUT2D eigenvalue weighted by Gasteiger charge is -2.36. The van der Waals surface area contributed by atoms with E-state index in [1.165, 1.54) is 0 Å². The molecule has 1 aromatic heterocycles. The molecule has 1 aromatic carbocycles. The first-order valence-electron chi connectivity index (χ1n) is 9.59. The van der Waals surface area contributed by atoms with Crippen molar-refractivity contribution in [3.63, 3.8) is 0 Å². The van der Waals surface area contributed by atoms with Gasteiger partial charge < -0.3 is 15.5 Å². The monoisotopic (exact) mass is 438 g/mol. The fourth-order valence-electron chi connectivity index (χ4n) is 3.43. The zero-order valence-corrected chi connectivity index (χ0v) is 18.1. The minimum absolute atomic E-state index is 0.151. The number of likely N-dealkylation sites (tertiary alicyclic amines) is 1. The van der Waals surface area contributed by atoms with E-state index in [4.69, 9.17) is 23.2 Å². The first-order valence-corrected chi connectivity index (χ1v) is 10.4. The molecule has 1 saturated heterocycles. The Morgan fingerprint density at radius 2 is 1.93 bits per heavy atom. The van der Waals surface area contributed by atoms with Crippen LogP contribution in [0.5, 0.6) is 0 Å². The summed E-state index contributed by atoms with van der Waals surface area (Å²) in [6.07, 6.45) is 0.576. The molecule has 156 valence electrons. The molecule has 0 atom stereocenters. The topological polar surface area (TPSA) is 57.3 Å². The largest absolute Gasteiger partial charge is 0.373 e. The van der Waals surface area contributed by atoms with E-state index in [0.717, 1.165) is 17.1 Å². The van der Waals surface area contributed by atoms with Crippen molar-refractivity contribution in [1.82, 2.24) is 15.2 Å². The van der Waals surface area contributed by atoms with Crippen LogP contribution in [0.2, 0.25) is 10.0 Å². The SMILES string of the molecule is CNc1nc(CNCC2(F)CCN(C(=O)c3ccc(Cl)c(Cl)c3)CC2)ccc1C. The van der Waals surface area contributed by atoms with E-state index in [2.05, 4.69) is 15.6 Å². The Hall–Kier alpha value is -1.89.